The van der Waals surface area contributed by atoms with Gasteiger partial charge in [0, 0.05) is 36.9 Å². The van der Waals surface area contributed by atoms with Crippen molar-refractivity contribution in [2.45, 2.75) is 24.0 Å². The fraction of sp³-hybridized carbons (Fsp3) is 0.409. The van der Waals surface area contributed by atoms with Gasteiger partial charge in [0.15, 0.2) is 5.60 Å². The number of fused-ring (bicyclic) bond motifs is 3. The third-order valence-electron chi connectivity index (χ3n) is 5.86. The fourth-order valence-electron chi connectivity index (χ4n) is 4.22. The number of nitrogens with zero attached hydrogens (tertiary/aromatic N) is 2. The predicted octanol–water partition coefficient (Wildman–Crippen LogP) is 2.57. The third kappa shape index (κ3) is 3.25. The van der Waals surface area contributed by atoms with Crippen LogP contribution in [0.4, 0.5) is 4.39 Å². The summed E-state index contributed by atoms with van der Waals surface area (Å²) in [5.74, 6) is 6.13. The number of rotatable bonds is 3. The van der Waals surface area contributed by atoms with E-state index in [4.69, 9.17) is 4.74 Å². The molecule has 0 saturated carbocycles. The molecule has 3 saturated heterocycles. The van der Waals surface area contributed by atoms with Gasteiger partial charge in [-0.1, -0.05) is 42.2 Å². The molecule has 0 amide bonds. The van der Waals surface area contributed by atoms with Crippen LogP contribution in [-0.4, -0.2) is 47.3 Å². The van der Waals surface area contributed by atoms with Crippen LogP contribution < -0.4 is 0 Å². The smallest absolute Gasteiger partial charge is 0.212 e. The molecular formula is C22H23FN2O2. The van der Waals surface area contributed by atoms with E-state index >= 15 is 0 Å². The standard InChI is InChI=1S/C22H23FN2O2/c1-27-21(16-25-13-9-17(21)10-14-25)11-12-22(26,18-5-3-2-4-6-18)19-7-8-20(23)24-15-19/h2-8,15,17,26H,9-10,13-14,16H2,1H3/t21-,22?/m1/s1. The van der Waals surface area contributed by atoms with Crippen LogP contribution in [0.3, 0.4) is 0 Å². The van der Waals surface area contributed by atoms with Gasteiger partial charge in [-0.15, -0.1) is 0 Å². The fourth-order valence-corrected chi connectivity index (χ4v) is 4.22. The van der Waals surface area contributed by atoms with Gasteiger partial charge in [0.2, 0.25) is 5.95 Å². The Morgan fingerprint density at radius 3 is 2.48 bits per heavy atom. The molecule has 140 valence electrons. The molecule has 0 radical (unpaired) electrons. The molecule has 2 atom stereocenters. The van der Waals surface area contributed by atoms with E-state index < -0.39 is 17.1 Å². The van der Waals surface area contributed by atoms with Gasteiger partial charge in [-0.05, 0) is 38.1 Å². The number of hydrogen-bond acceptors (Lipinski definition) is 4. The first kappa shape index (κ1) is 18.1. The molecule has 0 spiro atoms. The molecule has 27 heavy (non-hydrogen) atoms. The first-order valence-electron chi connectivity index (χ1n) is 9.27. The number of benzene rings is 1. The van der Waals surface area contributed by atoms with E-state index in [9.17, 15) is 9.50 Å². The van der Waals surface area contributed by atoms with Gasteiger partial charge in [0.25, 0.3) is 0 Å². The second-order valence-corrected chi connectivity index (χ2v) is 7.34. The Kier molecular flexibility index (Phi) is 4.73. The molecule has 1 aromatic carbocycles. The summed E-state index contributed by atoms with van der Waals surface area (Å²) in [4.78, 5) is 6.07. The van der Waals surface area contributed by atoms with Crippen molar-refractivity contribution in [3.05, 3.63) is 65.7 Å². The highest BCUT2D eigenvalue weighted by molar-refractivity contribution is 5.44. The number of piperidine rings is 3. The van der Waals surface area contributed by atoms with Crippen molar-refractivity contribution in [1.82, 2.24) is 9.88 Å². The van der Waals surface area contributed by atoms with Gasteiger partial charge in [-0.2, -0.15) is 4.39 Å². The molecule has 5 heteroatoms. The van der Waals surface area contributed by atoms with E-state index in [2.05, 4.69) is 21.7 Å². The summed E-state index contributed by atoms with van der Waals surface area (Å²) < 4.78 is 19.2. The summed E-state index contributed by atoms with van der Waals surface area (Å²) in [5.41, 5.74) is -1.11. The first-order chi connectivity index (χ1) is 13.1. The van der Waals surface area contributed by atoms with E-state index in [0.29, 0.717) is 17.0 Å². The summed E-state index contributed by atoms with van der Waals surface area (Å²) in [5, 5.41) is 11.6. The average Bonchev–Trinajstić information content (AvgIpc) is 2.74. The quantitative estimate of drug-likeness (QED) is 0.670. The molecule has 1 unspecified atom stereocenters. The van der Waals surface area contributed by atoms with Gasteiger partial charge >= 0.3 is 0 Å². The van der Waals surface area contributed by atoms with E-state index in [-0.39, 0.29) is 0 Å². The van der Waals surface area contributed by atoms with E-state index in [1.807, 2.05) is 30.3 Å². The average molecular weight is 366 g/mol. The zero-order chi connectivity index (χ0) is 18.9. The van der Waals surface area contributed by atoms with Crippen LogP contribution in [0.15, 0.2) is 48.7 Å². The zero-order valence-corrected chi connectivity index (χ0v) is 15.4. The number of halogens is 1. The van der Waals surface area contributed by atoms with Crippen molar-refractivity contribution in [2.75, 3.05) is 26.7 Å². The van der Waals surface area contributed by atoms with E-state index in [1.54, 1.807) is 7.11 Å². The maximum absolute atomic E-state index is 13.3. The zero-order valence-electron chi connectivity index (χ0n) is 15.4. The summed E-state index contributed by atoms with van der Waals surface area (Å²) in [6.07, 6.45) is 3.43. The minimum absolute atomic E-state index is 0.353. The van der Waals surface area contributed by atoms with Gasteiger partial charge in [-0.3, -0.25) is 4.90 Å². The Morgan fingerprint density at radius 2 is 1.93 bits per heavy atom. The van der Waals surface area contributed by atoms with Crippen LogP contribution in [0, 0.1) is 23.7 Å². The number of methoxy groups -OCH3 is 1. The van der Waals surface area contributed by atoms with Crippen molar-refractivity contribution in [3.8, 4) is 11.8 Å². The number of ether oxygens (including phenoxy) is 1. The largest absolute Gasteiger partial charge is 0.369 e. The molecule has 3 aliphatic rings. The lowest BCUT2D eigenvalue weighted by molar-refractivity contribution is -0.0964. The maximum atomic E-state index is 13.3. The molecular weight excluding hydrogens is 343 g/mol. The summed E-state index contributed by atoms with van der Waals surface area (Å²) >= 11 is 0. The van der Waals surface area contributed by atoms with Gasteiger partial charge in [0.1, 0.15) is 5.60 Å². The van der Waals surface area contributed by atoms with Gasteiger partial charge in [-0.25, -0.2) is 4.98 Å². The van der Waals surface area contributed by atoms with Crippen LogP contribution in [-0.2, 0) is 10.3 Å². The normalized spacial score (nSPS) is 28.9. The number of aliphatic hydroxyl groups is 1. The lowest BCUT2D eigenvalue weighted by Crippen LogP contribution is -2.59. The molecule has 4 heterocycles. The molecule has 5 rings (SSSR count). The third-order valence-corrected chi connectivity index (χ3v) is 5.86. The van der Waals surface area contributed by atoms with Crippen molar-refractivity contribution < 1.29 is 14.2 Å². The Bertz CT molecular complexity index is 853. The highest BCUT2D eigenvalue weighted by atomic mass is 19.1. The molecule has 2 aromatic rings. The summed E-state index contributed by atoms with van der Waals surface area (Å²) in [6, 6.07) is 12.0. The number of pyridine rings is 1. The predicted molar refractivity (Wildman–Crippen MR) is 100 cm³/mol. The Labute approximate surface area is 159 Å². The minimum Gasteiger partial charge on any atom is -0.369 e. The number of hydrogen-bond donors (Lipinski definition) is 1. The monoisotopic (exact) mass is 366 g/mol. The van der Waals surface area contributed by atoms with Crippen molar-refractivity contribution in [2.24, 2.45) is 5.92 Å². The Hall–Kier alpha value is -2.26. The van der Waals surface area contributed by atoms with Gasteiger partial charge < -0.3 is 9.84 Å². The van der Waals surface area contributed by atoms with E-state index in [0.717, 1.165) is 32.5 Å². The van der Waals surface area contributed by atoms with Crippen LogP contribution in [0.25, 0.3) is 0 Å². The molecule has 2 bridgehead atoms. The summed E-state index contributed by atoms with van der Waals surface area (Å²) in [7, 11) is 1.69. The highest BCUT2D eigenvalue weighted by Crippen LogP contribution is 2.38. The molecule has 0 aliphatic carbocycles. The van der Waals surface area contributed by atoms with Crippen LogP contribution in [0.5, 0.6) is 0 Å². The second kappa shape index (κ2) is 7.05. The molecule has 1 N–H and O–H groups in total. The molecule has 4 nitrogen and oxygen atoms in total. The van der Waals surface area contributed by atoms with Crippen LogP contribution in [0.1, 0.15) is 24.0 Å². The molecule has 3 aliphatic heterocycles. The van der Waals surface area contributed by atoms with Crippen molar-refractivity contribution in [3.63, 3.8) is 0 Å². The minimum atomic E-state index is -1.58. The second-order valence-electron chi connectivity index (χ2n) is 7.34. The topological polar surface area (TPSA) is 45.6 Å². The first-order valence-corrected chi connectivity index (χ1v) is 9.27. The van der Waals surface area contributed by atoms with Gasteiger partial charge in [0.05, 0.1) is 0 Å². The molecule has 1 aromatic heterocycles. The number of aromatic nitrogens is 1. The Morgan fingerprint density at radius 1 is 1.19 bits per heavy atom. The van der Waals surface area contributed by atoms with Crippen molar-refractivity contribution in [1.29, 1.82) is 0 Å². The lowest BCUT2D eigenvalue weighted by atomic mass is 9.75. The highest BCUT2D eigenvalue weighted by Gasteiger charge is 2.46. The van der Waals surface area contributed by atoms with E-state index in [1.165, 1.54) is 18.3 Å². The van der Waals surface area contributed by atoms with Crippen molar-refractivity contribution >= 4 is 0 Å². The maximum Gasteiger partial charge on any atom is 0.212 e. The summed E-state index contributed by atoms with van der Waals surface area (Å²) in [6.45, 7) is 2.89. The van der Waals surface area contributed by atoms with Crippen LogP contribution in [0.2, 0.25) is 0 Å². The Balaban J connectivity index is 1.79. The molecule has 3 fully saturated rings. The lowest BCUT2D eigenvalue weighted by Gasteiger charge is -2.49. The van der Waals surface area contributed by atoms with Crippen LogP contribution >= 0.6 is 0 Å². The SMILES string of the molecule is CO[C@]1(C#CC(O)(c2ccccc2)c2ccc(F)nc2)CN2CCC1CC2.